The van der Waals surface area contributed by atoms with E-state index in [0.29, 0.717) is 13.1 Å². The van der Waals surface area contributed by atoms with Crippen molar-refractivity contribution in [3.63, 3.8) is 0 Å². The van der Waals surface area contributed by atoms with Crippen molar-refractivity contribution in [1.29, 1.82) is 0 Å². The maximum Gasteiger partial charge on any atom is 0.229 e. The summed E-state index contributed by atoms with van der Waals surface area (Å²) in [6.07, 6.45) is 1.95. The normalized spacial score (nSPS) is 17.0. The van der Waals surface area contributed by atoms with Gasteiger partial charge in [0, 0.05) is 41.4 Å². The fraction of sp³-hybridized carbons (Fsp3) is 0.250. The number of nitrogens with one attached hydrogen (secondary N) is 2. The molecule has 0 bridgehead atoms. The third-order valence-electron chi connectivity index (χ3n) is 4.69. The fourth-order valence-corrected chi connectivity index (χ4v) is 3.39. The molecule has 0 unspecified atom stereocenters. The zero-order chi connectivity index (χ0) is 18.1. The predicted octanol–water partition coefficient (Wildman–Crippen LogP) is 2.86. The van der Waals surface area contributed by atoms with Gasteiger partial charge in [-0.3, -0.25) is 14.6 Å². The average molecular weight is 348 g/mol. The highest BCUT2D eigenvalue weighted by Crippen LogP contribution is 2.23. The van der Waals surface area contributed by atoms with Crippen LogP contribution in [0.5, 0.6) is 0 Å². The highest BCUT2D eigenvalue weighted by atomic mass is 16.2. The lowest BCUT2D eigenvalue weighted by Crippen LogP contribution is -2.28. The molecule has 0 radical (unpaired) electrons. The summed E-state index contributed by atoms with van der Waals surface area (Å²) < 4.78 is 0. The van der Waals surface area contributed by atoms with Crippen LogP contribution in [-0.4, -0.2) is 33.2 Å². The van der Waals surface area contributed by atoms with Gasteiger partial charge in [0.1, 0.15) is 0 Å². The Bertz CT molecular complexity index is 964. The zero-order valence-corrected chi connectivity index (χ0v) is 14.5. The molecule has 0 saturated carbocycles. The van der Waals surface area contributed by atoms with E-state index in [9.17, 15) is 9.59 Å². The number of hydrogen-bond donors (Lipinski definition) is 2. The van der Waals surface area contributed by atoms with Crippen molar-refractivity contribution in [2.24, 2.45) is 5.92 Å². The minimum Gasteiger partial charge on any atom is -0.359 e. The number of aryl methyl sites for hydroxylation is 1. The second kappa shape index (κ2) is 6.63. The number of anilines is 1. The quantitative estimate of drug-likeness (QED) is 0.761. The van der Waals surface area contributed by atoms with Gasteiger partial charge in [-0.25, -0.2) is 0 Å². The van der Waals surface area contributed by atoms with Crippen LogP contribution in [0, 0.1) is 12.8 Å². The van der Waals surface area contributed by atoms with E-state index in [1.165, 1.54) is 0 Å². The van der Waals surface area contributed by atoms with Gasteiger partial charge in [0.2, 0.25) is 11.8 Å². The van der Waals surface area contributed by atoms with Crippen LogP contribution in [0.2, 0.25) is 0 Å². The highest BCUT2D eigenvalue weighted by Gasteiger charge is 2.34. The van der Waals surface area contributed by atoms with Gasteiger partial charge in [-0.05, 0) is 43.3 Å². The molecule has 1 atom stereocenters. The van der Waals surface area contributed by atoms with Crippen LogP contribution >= 0.6 is 0 Å². The lowest BCUT2D eigenvalue weighted by molar-refractivity contribution is -0.128. The molecule has 4 rings (SSSR count). The molecule has 1 fully saturated rings. The lowest BCUT2D eigenvalue weighted by Gasteiger charge is -2.16. The molecule has 1 aliphatic heterocycles. The number of benzene rings is 1. The first-order valence-electron chi connectivity index (χ1n) is 8.66. The molecule has 3 aromatic rings. The standard InChI is InChI=1S/C20H20N4O2/c1-13-8-14-9-16(5-6-18(14)22-13)23-20(26)15-10-19(25)24(11-15)12-17-4-2-3-7-21-17/h2-9,15,22H,10-12H2,1H3,(H,23,26)/t15-/m1/s1. The summed E-state index contributed by atoms with van der Waals surface area (Å²) in [6, 6.07) is 13.4. The summed E-state index contributed by atoms with van der Waals surface area (Å²) in [7, 11) is 0. The SMILES string of the molecule is Cc1cc2cc(NC(=O)[C@@H]3CC(=O)N(Cc4ccccn4)C3)ccc2[nH]1. The molecule has 6 heteroatoms. The molecule has 1 aliphatic rings. The van der Waals surface area contributed by atoms with E-state index in [1.54, 1.807) is 11.1 Å². The molecule has 26 heavy (non-hydrogen) atoms. The van der Waals surface area contributed by atoms with Gasteiger partial charge < -0.3 is 15.2 Å². The van der Waals surface area contributed by atoms with Crippen molar-refractivity contribution in [1.82, 2.24) is 14.9 Å². The van der Waals surface area contributed by atoms with Crippen LogP contribution in [0.1, 0.15) is 17.8 Å². The number of H-pyrrole nitrogens is 1. The number of hydrogen-bond acceptors (Lipinski definition) is 3. The third-order valence-corrected chi connectivity index (χ3v) is 4.69. The molecule has 3 heterocycles. The number of rotatable bonds is 4. The molecule has 2 aromatic heterocycles. The second-order valence-electron chi connectivity index (χ2n) is 6.74. The summed E-state index contributed by atoms with van der Waals surface area (Å²) in [6.45, 7) is 2.86. The summed E-state index contributed by atoms with van der Waals surface area (Å²) in [5.74, 6) is -0.462. The largest absolute Gasteiger partial charge is 0.359 e. The van der Waals surface area contributed by atoms with E-state index in [-0.39, 0.29) is 24.2 Å². The van der Waals surface area contributed by atoms with Crippen molar-refractivity contribution in [2.75, 3.05) is 11.9 Å². The van der Waals surface area contributed by atoms with E-state index in [2.05, 4.69) is 15.3 Å². The topological polar surface area (TPSA) is 78.1 Å². The predicted molar refractivity (Wildman–Crippen MR) is 99.4 cm³/mol. The van der Waals surface area contributed by atoms with E-state index in [4.69, 9.17) is 0 Å². The summed E-state index contributed by atoms with van der Waals surface area (Å²) >= 11 is 0. The second-order valence-corrected chi connectivity index (χ2v) is 6.74. The van der Waals surface area contributed by atoms with Gasteiger partial charge in [0.05, 0.1) is 18.2 Å². The van der Waals surface area contributed by atoms with Crippen LogP contribution in [0.3, 0.4) is 0 Å². The number of pyridine rings is 1. The Morgan fingerprint density at radius 1 is 1.31 bits per heavy atom. The number of fused-ring (bicyclic) bond motifs is 1. The smallest absolute Gasteiger partial charge is 0.229 e. The van der Waals surface area contributed by atoms with Crippen LogP contribution in [0.25, 0.3) is 10.9 Å². The van der Waals surface area contributed by atoms with E-state index >= 15 is 0 Å². The summed E-state index contributed by atoms with van der Waals surface area (Å²) in [4.78, 5) is 34.0. The molecule has 0 spiro atoms. The zero-order valence-electron chi connectivity index (χ0n) is 14.5. The molecule has 1 saturated heterocycles. The maximum absolute atomic E-state index is 12.6. The van der Waals surface area contributed by atoms with Crippen LogP contribution in [-0.2, 0) is 16.1 Å². The molecule has 2 N–H and O–H groups in total. The molecule has 6 nitrogen and oxygen atoms in total. The van der Waals surface area contributed by atoms with Crippen molar-refractivity contribution >= 4 is 28.4 Å². The van der Waals surface area contributed by atoms with Gasteiger partial charge in [-0.2, -0.15) is 0 Å². The van der Waals surface area contributed by atoms with Gasteiger partial charge in [0.25, 0.3) is 0 Å². The Labute approximate surface area is 151 Å². The van der Waals surface area contributed by atoms with Crippen LogP contribution in [0.4, 0.5) is 5.69 Å². The first kappa shape index (κ1) is 16.3. The number of likely N-dealkylation sites (tertiary alicyclic amines) is 1. The van der Waals surface area contributed by atoms with Crippen molar-refractivity contribution in [3.05, 3.63) is 60.0 Å². The first-order valence-corrected chi connectivity index (χ1v) is 8.66. The number of carbonyl (C=O) groups excluding carboxylic acids is 2. The highest BCUT2D eigenvalue weighted by molar-refractivity contribution is 5.98. The Morgan fingerprint density at radius 3 is 3.00 bits per heavy atom. The number of aromatic nitrogens is 2. The molecule has 2 amide bonds. The Balaban J connectivity index is 1.42. The van der Waals surface area contributed by atoms with Gasteiger partial charge in [-0.1, -0.05) is 6.07 Å². The minimum atomic E-state index is -0.338. The Kier molecular flexibility index (Phi) is 4.16. The van der Waals surface area contributed by atoms with Crippen LogP contribution < -0.4 is 5.32 Å². The molecule has 1 aromatic carbocycles. The van der Waals surface area contributed by atoms with Crippen molar-refractivity contribution < 1.29 is 9.59 Å². The maximum atomic E-state index is 12.6. The number of carbonyl (C=O) groups is 2. The van der Waals surface area contributed by atoms with Gasteiger partial charge in [0.15, 0.2) is 0 Å². The van der Waals surface area contributed by atoms with E-state index < -0.39 is 0 Å². The number of aromatic amines is 1. The summed E-state index contributed by atoms with van der Waals surface area (Å²) in [5, 5.41) is 4.00. The monoisotopic (exact) mass is 348 g/mol. The van der Waals surface area contributed by atoms with Crippen molar-refractivity contribution in [3.8, 4) is 0 Å². The third kappa shape index (κ3) is 3.31. The van der Waals surface area contributed by atoms with Crippen molar-refractivity contribution in [2.45, 2.75) is 19.9 Å². The molecule has 132 valence electrons. The van der Waals surface area contributed by atoms with Crippen LogP contribution in [0.15, 0.2) is 48.7 Å². The molecular weight excluding hydrogens is 328 g/mol. The van der Waals surface area contributed by atoms with Gasteiger partial charge >= 0.3 is 0 Å². The molecule has 0 aliphatic carbocycles. The Morgan fingerprint density at radius 2 is 2.19 bits per heavy atom. The van der Waals surface area contributed by atoms with Gasteiger partial charge in [-0.15, -0.1) is 0 Å². The average Bonchev–Trinajstić information content (AvgIpc) is 3.17. The number of amides is 2. The first-order chi connectivity index (χ1) is 12.6. The minimum absolute atomic E-state index is 0.00693. The fourth-order valence-electron chi connectivity index (χ4n) is 3.39. The Hall–Kier alpha value is -3.15. The summed E-state index contributed by atoms with van der Waals surface area (Å²) in [5.41, 5.74) is 3.69. The molecular formula is C20H20N4O2. The van der Waals surface area contributed by atoms with E-state index in [1.807, 2.05) is 49.4 Å². The lowest BCUT2D eigenvalue weighted by atomic mass is 10.1. The van der Waals surface area contributed by atoms with E-state index in [0.717, 1.165) is 28.0 Å². The number of nitrogens with zero attached hydrogens (tertiary/aromatic N) is 2.